The van der Waals surface area contributed by atoms with Crippen molar-refractivity contribution < 1.29 is 25.2 Å². The van der Waals surface area contributed by atoms with Crippen molar-refractivity contribution in [2.24, 2.45) is 0 Å². The normalized spacial score (nSPS) is 12.2. The minimum atomic E-state index is -3.82. The lowest BCUT2D eigenvalue weighted by atomic mass is 10.5. The van der Waals surface area contributed by atoms with E-state index < -0.39 is 20.2 Å². The van der Waals surface area contributed by atoms with Crippen LogP contribution in [0.15, 0.2) is 37.2 Å². The third-order valence-corrected chi connectivity index (χ3v) is 3.31. The van der Waals surface area contributed by atoms with E-state index in [-0.39, 0.29) is 12.2 Å². The summed E-state index contributed by atoms with van der Waals surface area (Å²) in [6.07, 6.45) is 2.67. The molecule has 0 atom stereocenters. The Morgan fingerprint density at radius 2 is 1.56 bits per heavy atom. The maximum absolute atomic E-state index is 11.0. The van der Waals surface area contributed by atoms with Crippen LogP contribution in [0, 0.1) is 0 Å². The van der Waals surface area contributed by atoms with Crippen molar-refractivity contribution in [2.75, 3.05) is 5.75 Å². The molecule has 0 unspecified atom stereocenters. The average Bonchev–Trinajstić information content (AvgIpc) is 2.12. The summed E-state index contributed by atoms with van der Waals surface area (Å²) in [5.41, 5.74) is 0. The standard InChI is InChI=1S/C8H12O6S2/c1-3-13-15(9,10)7-5-6-8-16(11,12)14-4-2/h3-5,7H,1-2,6,8H2/b7-5+. The Morgan fingerprint density at radius 3 is 2.06 bits per heavy atom. The second-order valence-electron chi connectivity index (χ2n) is 2.44. The highest BCUT2D eigenvalue weighted by Gasteiger charge is 2.08. The monoisotopic (exact) mass is 268 g/mol. The molecule has 0 saturated carbocycles. The van der Waals surface area contributed by atoms with Gasteiger partial charge in [-0.3, -0.25) is 0 Å². The molecule has 0 saturated heterocycles. The zero-order chi connectivity index (χ0) is 12.7. The molecule has 0 radical (unpaired) electrons. The van der Waals surface area contributed by atoms with Gasteiger partial charge in [0, 0.05) is 0 Å². The lowest BCUT2D eigenvalue weighted by Gasteiger charge is -1.99. The van der Waals surface area contributed by atoms with E-state index in [2.05, 4.69) is 21.5 Å². The molecule has 0 amide bonds. The first kappa shape index (κ1) is 14.7. The summed E-state index contributed by atoms with van der Waals surface area (Å²) in [6, 6.07) is 0. The van der Waals surface area contributed by atoms with Crippen LogP contribution in [0.5, 0.6) is 0 Å². The molecular formula is C8H12O6S2. The predicted molar refractivity (Wildman–Crippen MR) is 59.0 cm³/mol. The summed E-state index contributed by atoms with van der Waals surface area (Å²) in [5.74, 6) is -0.348. The third kappa shape index (κ3) is 7.07. The van der Waals surface area contributed by atoms with Crippen LogP contribution in [-0.2, 0) is 28.6 Å². The van der Waals surface area contributed by atoms with Gasteiger partial charge < -0.3 is 8.37 Å². The molecule has 0 aromatic carbocycles. The van der Waals surface area contributed by atoms with Crippen molar-refractivity contribution in [1.82, 2.24) is 0 Å². The molecule has 92 valence electrons. The van der Waals surface area contributed by atoms with E-state index in [1.807, 2.05) is 0 Å². The largest absolute Gasteiger partial charge is 0.391 e. The zero-order valence-electron chi connectivity index (χ0n) is 8.40. The van der Waals surface area contributed by atoms with Gasteiger partial charge in [-0.1, -0.05) is 19.2 Å². The van der Waals surface area contributed by atoms with Gasteiger partial charge in [-0.2, -0.15) is 16.8 Å². The number of hydrogen-bond acceptors (Lipinski definition) is 6. The number of rotatable bonds is 8. The highest BCUT2D eigenvalue weighted by atomic mass is 32.2. The molecule has 0 spiro atoms. The van der Waals surface area contributed by atoms with E-state index in [0.29, 0.717) is 0 Å². The summed E-state index contributed by atoms with van der Waals surface area (Å²) >= 11 is 0. The molecule has 0 fully saturated rings. The van der Waals surface area contributed by atoms with E-state index in [4.69, 9.17) is 0 Å². The molecule has 0 aliphatic carbocycles. The molecular weight excluding hydrogens is 256 g/mol. The molecule has 0 aliphatic rings. The van der Waals surface area contributed by atoms with E-state index in [1.54, 1.807) is 0 Å². The van der Waals surface area contributed by atoms with Crippen molar-refractivity contribution in [3.05, 3.63) is 37.2 Å². The molecule has 0 aromatic rings. The van der Waals surface area contributed by atoms with E-state index in [1.165, 1.54) is 0 Å². The number of hydrogen-bond donors (Lipinski definition) is 0. The fourth-order valence-corrected chi connectivity index (χ4v) is 2.03. The maximum Gasteiger partial charge on any atom is 0.331 e. The van der Waals surface area contributed by atoms with Crippen molar-refractivity contribution in [2.45, 2.75) is 6.42 Å². The lowest BCUT2D eigenvalue weighted by Crippen LogP contribution is -2.06. The second kappa shape index (κ2) is 6.33. The Balaban J connectivity index is 4.23. The molecule has 0 N–H and O–H groups in total. The maximum atomic E-state index is 11.0. The van der Waals surface area contributed by atoms with E-state index in [0.717, 1.165) is 24.0 Å². The van der Waals surface area contributed by atoms with Gasteiger partial charge in [0.1, 0.15) is 0 Å². The van der Waals surface area contributed by atoms with Gasteiger partial charge in [-0.25, -0.2) is 0 Å². The average molecular weight is 268 g/mol. The minimum Gasteiger partial charge on any atom is -0.391 e. The van der Waals surface area contributed by atoms with Crippen LogP contribution in [0.3, 0.4) is 0 Å². The zero-order valence-corrected chi connectivity index (χ0v) is 10.0. The van der Waals surface area contributed by atoms with Crippen LogP contribution in [-0.4, -0.2) is 22.6 Å². The van der Waals surface area contributed by atoms with E-state index >= 15 is 0 Å². The van der Waals surface area contributed by atoms with E-state index in [9.17, 15) is 16.8 Å². The van der Waals surface area contributed by atoms with Crippen LogP contribution in [0.2, 0.25) is 0 Å². The molecule has 8 heteroatoms. The highest BCUT2D eigenvalue weighted by molar-refractivity contribution is 7.89. The molecule has 0 aromatic heterocycles. The van der Waals surface area contributed by atoms with Gasteiger partial charge in [0.2, 0.25) is 0 Å². The quantitative estimate of drug-likeness (QED) is 0.479. The second-order valence-corrected chi connectivity index (χ2v) is 5.61. The van der Waals surface area contributed by atoms with Crippen LogP contribution in [0.4, 0.5) is 0 Å². The first-order chi connectivity index (χ1) is 7.33. The SMILES string of the molecule is C=COS(=O)(=O)/C=C/CCS(=O)(=O)OC=C. The highest BCUT2D eigenvalue weighted by Crippen LogP contribution is 2.01. The Bertz CT molecular complexity index is 457. The fraction of sp³-hybridized carbons (Fsp3) is 0.250. The summed E-state index contributed by atoms with van der Waals surface area (Å²) < 4.78 is 52.1. The molecule has 0 rings (SSSR count). The van der Waals surface area contributed by atoms with Crippen LogP contribution in [0.25, 0.3) is 0 Å². The first-order valence-corrected chi connectivity index (χ1v) is 7.10. The third-order valence-electron chi connectivity index (χ3n) is 1.21. The Labute approximate surface area is 95.1 Å². The molecule has 0 aliphatic heterocycles. The summed E-state index contributed by atoms with van der Waals surface area (Å²) in [7, 11) is -7.50. The van der Waals surface area contributed by atoms with Crippen molar-refractivity contribution in [1.29, 1.82) is 0 Å². The minimum absolute atomic E-state index is 0.0180. The van der Waals surface area contributed by atoms with Crippen LogP contribution < -0.4 is 0 Å². The van der Waals surface area contributed by atoms with Crippen LogP contribution in [0.1, 0.15) is 6.42 Å². The molecule has 0 heterocycles. The molecule has 16 heavy (non-hydrogen) atoms. The summed E-state index contributed by atoms with van der Waals surface area (Å²) in [5, 5.41) is 0.748. The van der Waals surface area contributed by atoms with Gasteiger partial charge in [0.25, 0.3) is 0 Å². The fourth-order valence-electron chi connectivity index (χ4n) is 0.677. The van der Waals surface area contributed by atoms with Gasteiger partial charge in [-0.05, 0) is 6.42 Å². The summed E-state index contributed by atoms with van der Waals surface area (Å²) in [4.78, 5) is 0. The van der Waals surface area contributed by atoms with Gasteiger partial charge in [0.05, 0.1) is 23.7 Å². The Kier molecular flexibility index (Phi) is 5.83. The topological polar surface area (TPSA) is 86.7 Å². The van der Waals surface area contributed by atoms with Gasteiger partial charge in [0.15, 0.2) is 0 Å². The van der Waals surface area contributed by atoms with Crippen molar-refractivity contribution in [3.8, 4) is 0 Å². The van der Waals surface area contributed by atoms with Gasteiger partial charge >= 0.3 is 20.2 Å². The molecule has 6 nitrogen and oxygen atoms in total. The lowest BCUT2D eigenvalue weighted by molar-refractivity contribution is 0.444. The number of allylic oxidation sites excluding steroid dienone is 1. The van der Waals surface area contributed by atoms with Crippen molar-refractivity contribution in [3.63, 3.8) is 0 Å². The van der Waals surface area contributed by atoms with Crippen molar-refractivity contribution >= 4 is 20.2 Å². The Hall–Kier alpha value is -1.28. The summed E-state index contributed by atoms with van der Waals surface area (Å²) in [6.45, 7) is 6.17. The smallest absolute Gasteiger partial charge is 0.331 e. The molecule has 0 bridgehead atoms. The first-order valence-electron chi connectivity index (χ1n) is 4.05. The predicted octanol–water partition coefficient (Wildman–Crippen LogP) is 0.870. The Morgan fingerprint density at radius 1 is 1.00 bits per heavy atom. The van der Waals surface area contributed by atoms with Crippen LogP contribution >= 0.6 is 0 Å². The van der Waals surface area contributed by atoms with Gasteiger partial charge in [-0.15, -0.1) is 0 Å².